The summed E-state index contributed by atoms with van der Waals surface area (Å²) in [6.07, 6.45) is 0. The monoisotopic (exact) mass is 270 g/mol. The predicted molar refractivity (Wildman–Crippen MR) is 79.2 cm³/mol. The first-order valence-corrected chi connectivity index (χ1v) is 6.25. The van der Waals surface area contributed by atoms with Gasteiger partial charge in [0.2, 0.25) is 11.6 Å². The van der Waals surface area contributed by atoms with Crippen LogP contribution in [0.5, 0.6) is 0 Å². The molecule has 20 heavy (non-hydrogen) atoms. The first-order valence-electron chi connectivity index (χ1n) is 6.25. The number of aryl methyl sites for hydroxylation is 2. The molecule has 0 radical (unpaired) electrons. The summed E-state index contributed by atoms with van der Waals surface area (Å²) < 4.78 is 0. The fourth-order valence-electron chi connectivity index (χ4n) is 1.67. The highest BCUT2D eigenvalue weighted by atomic mass is 16.2. The molecule has 0 saturated carbocycles. The van der Waals surface area contributed by atoms with Gasteiger partial charge in [-0.25, -0.2) is 0 Å². The van der Waals surface area contributed by atoms with Crippen molar-refractivity contribution < 1.29 is 14.7 Å². The Morgan fingerprint density at radius 1 is 0.650 bits per heavy atom. The molecular formula is C17H18O3. The summed E-state index contributed by atoms with van der Waals surface area (Å²) in [5.74, 6) is -0.919. The Kier molecular flexibility index (Phi) is 5.81. The van der Waals surface area contributed by atoms with E-state index in [9.17, 15) is 9.59 Å². The van der Waals surface area contributed by atoms with Gasteiger partial charge in [-0.15, -0.1) is 0 Å². The molecule has 0 saturated heterocycles. The van der Waals surface area contributed by atoms with Crippen LogP contribution in [0.15, 0.2) is 48.5 Å². The van der Waals surface area contributed by atoms with E-state index in [0.29, 0.717) is 11.1 Å². The van der Waals surface area contributed by atoms with E-state index in [-0.39, 0.29) is 0 Å². The third kappa shape index (κ3) is 3.87. The number of hydrogen-bond donors (Lipinski definition) is 1. The third-order valence-corrected chi connectivity index (χ3v) is 2.83. The zero-order valence-corrected chi connectivity index (χ0v) is 11.9. The van der Waals surface area contributed by atoms with E-state index in [2.05, 4.69) is 0 Å². The molecule has 0 bridgehead atoms. The molecule has 0 fully saturated rings. The Labute approximate surface area is 118 Å². The summed E-state index contributed by atoms with van der Waals surface area (Å²) in [7, 11) is 1.00. The Morgan fingerprint density at radius 3 is 1.15 bits per heavy atom. The first kappa shape index (κ1) is 15.8. The largest absolute Gasteiger partial charge is 0.400 e. The van der Waals surface area contributed by atoms with Crippen molar-refractivity contribution >= 4 is 11.6 Å². The smallest absolute Gasteiger partial charge is 0.233 e. The van der Waals surface area contributed by atoms with Crippen molar-refractivity contribution in [3.63, 3.8) is 0 Å². The van der Waals surface area contributed by atoms with Gasteiger partial charge in [-0.05, 0) is 13.8 Å². The highest BCUT2D eigenvalue weighted by Gasteiger charge is 2.17. The highest BCUT2D eigenvalue weighted by molar-refractivity contribution is 6.49. The number of hydrogen-bond acceptors (Lipinski definition) is 3. The average Bonchev–Trinajstić information content (AvgIpc) is 2.49. The van der Waals surface area contributed by atoms with Crippen molar-refractivity contribution in [1.82, 2.24) is 0 Å². The van der Waals surface area contributed by atoms with Crippen LogP contribution in [0.4, 0.5) is 0 Å². The van der Waals surface area contributed by atoms with Gasteiger partial charge in [0, 0.05) is 18.2 Å². The fourth-order valence-corrected chi connectivity index (χ4v) is 1.67. The van der Waals surface area contributed by atoms with Crippen molar-refractivity contribution in [3.05, 3.63) is 70.8 Å². The van der Waals surface area contributed by atoms with Crippen LogP contribution in [0.3, 0.4) is 0 Å². The molecule has 1 N–H and O–H groups in total. The minimum Gasteiger partial charge on any atom is -0.400 e. The molecule has 3 nitrogen and oxygen atoms in total. The quantitative estimate of drug-likeness (QED) is 0.689. The van der Waals surface area contributed by atoms with Crippen molar-refractivity contribution in [3.8, 4) is 0 Å². The number of carbonyl (C=O) groups excluding carboxylic acids is 2. The molecular weight excluding hydrogens is 252 g/mol. The maximum absolute atomic E-state index is 12.0. The molecule has 2 aromatic carbocycles. The van der Waals surface area contributed by atoms with Gasteiger partial charge >= 0.3 is 0 Å². The fraction of sp³-hybridized carbons (Fsp3) is 0.176. The van der Waals surface area contributed by atoms with E-state index >= 15 is 0 Å². The second kappa shape index (κ2) is 7.36. The minimum absolute atomic E-state index is 0.436. The van der Waals surface area contributed by atoms with E-state index in [0.717, 1.165) is 18.2 Å². The highest BCUT2D eigenvalue weighted by Crippen LogP contribution is 2.10. The van der Waals surface area contributed by atoms with Crippen LogP contribution in [0.25, 0.3) is 0 Å². The number of aliphatic hydroxyl groups excluding tert-OH is 1. The predicted octanol–water partition coefficient (Wildman–Crippen LogP) is 2.98. The number of ketones is 2. The Balaban J connectivity index is 0.000000956. The topological polar surface area (TPSA) is 54.4 Å². The zero-order valence-electron chi connectivity index (χ0n) is 11.9. The van der Waals surface area contributed by atoms with E-state index < -0.39 is 11.6 Å². The average molecular weight is 270 g/mol. The molecule has 0 atom stereocenters. The van der Waals surface area contributed by atoms with Gasteiger partial charge in [-0.1, -0.05) is 59.7 Å². The van der Waals surface area contributed by atoms with Crippen LogP contribution in [0.2, 0.25) is 0 Å². The lowest BCUT2D eigenvalue weighted by atomic mass is 10.00. The molecule has 104 valence electrons. The van der Waals surface area contributed by atoms with Crippen LogP contribution in [0, 0.1) is 13.8 Å². The maximum atomic E-state index is 12.0. The number of carbonyl (C=O) groups is 2. The molecule has 0 aliphatic carbocycles. The maximum Gasteiger partial charge on any atom is 0.233 e. The molecule has 2 aromatic rings. The number of Topliss-reactive ketones (excluding diaryl/α,β-unsaturated/α-hetero) is 2. The van der Waals surface area contributed by atoms with E-state index in [4.69, 9.17) is 5.11 Å². The molecule has 0 aromatic heterocycles. The van der Waals surface area contributed by atoms with E-state index in [1.54, 1.807) is 24.3 Å². The molecule has 3 heteroatoms. The van der Waals surface area contributed by atoms with Crippen molar-refractivity contribution in [2.24, 2.45) is 0 Å². The summed E-state index contributed by atoms with van der Waals surface area (Å²) >= 11 is 0. The summed E-state index contributed by atoms with van der Waals surface area (Å²) in [6.45, 7) is 3.88. The van der Waals surface area contributed by atoms with Gasteiger partial charge in [0.15, 0.2) is 0 Å². The lowest BCUT2D eigenvalue weighted by Crippen LogP contribution is -2.14. The Morgan fingerprint density at radius 2 is 0.900 bits per heavy atom. The number of aliphatic hydroxyl groups is 1. The van der Waals surface area contributed by atoms with Crippen LogP contribution in [-0.4, -0.2) is 23.8 Å². The summed E-state index contributed by atoms with van der Waals surface area (Å²) in [6, 6.07) is 14.1. The summed E-state index contributed by atoms with van der Waals surface area (Å²) in [4.78, 5) is 24.0. The third-order valence-electron chi connectivity index (χ3n) is 2.83. The lowest BCUT2D eigenvalue weighted by Gasteiger charge is -2.02. The zero-order chi connectivity index (χ0) is 15.1. The van der Waals surface area contributed by atoms with Gasteiger partial charge in [-0.3, -0.25) is 9.59 Å². The van der Waals surface area contributed by atoms with Crippen molar-refractivity contribution in [2.75, 3.05) is 7.11 Å². The van der Waals surface area contributed by atoms with Gasteiger partial charge < -0.3 is 5.11 Å². The van der Waals surface area contributed by atoms with Gasteiger partial charge in [0.1, 0.15) is 0 Å². The van der Waals surface area contributed by atoms with Crippen LogP contribution in [0.1, 0.15) is 31.8 Å². The van der Waals surface area contributed by atoms with Crippen LogP contribution >= 0.6 is 0 Å². The van der Waals surface area contributed by atoms with Crippen LogP contribution < -0.4 is 0 Å². The second-order valence-corrected chi connectivity index (χ2v) is 4.39. The molecule has 0 aliphatic rings. The lowest BCUT2D eigenvalue weighted by molar-refractivity contribution is 0.0817. The van der Waals surface area contributed by atoms with Gasteiger partial charge in [-0.2, -0.15) is 0 Å². The standard InChI is InChI=1S/C16H14O2.CH4O/c1-11-3-7-13(8-4-11)15(17)16(18)14-9-5-12(2)6-10-14;1-2/h3-10H,1-2H3;2H,1H3. The molecule has 0 amide bonds. The van der Waals surface area contributed by atoms with Crippen molar-refractivity contribution in [1.29, 1.82) is 0 Å². The van der Waals surface area contributed by atoms with Gasteiger partial charge in [0.05, 0.1) is 0 Å². The molecule has 0 aliphatic heterocycles. The Bertz CT molecular complexity index is 525. The van der Waals surface area contributed by atoms with Crippen LogP contribution in [-0.2, 0) is 0 Å². The van der Waals surface area contributed by atoms with Gasteiger partial charge in [0.25, 0.3) is 0 Å². The first-order chi connectivity index (χ1) is 9.58. The van der Waals surface area contributed by atoms with E-state index in [1.165, 1.54) is 0 Å². The van der Waals surface area contributed by atoms with E-state index in [1.807, 2.05) is 38.1 Å². The Hall–Kier alpha value is -2.26. The summed E-state index contributed by atoms with van der Waals surface area (Å²) in [5, 5.41) is 7.00. The molecule has 0 unspecified atom stereocenters. The molecule has 0 spiro atoms. The molecule has 2 rings (SSSR count). The number of benzene rings is 2. The minimum atomic E-state index is -0.459. The second-order valence-electron chi connectivity index (χ2n) is 4.39. The van der Waals surface area contributed by atoms with Crippen molar-refractivity contribution in [2.45, 2.75) is 13.8 Å². The number of rotatable bonds is 3. The summed E-state index contributed by atoms with van der Waals surface area (Å²) in [5.41, 5.74) is 3.00. The SMILES string of the molecule is CO.Cc1ccc(C(=O)C(=O)c2ccc(C)cc2)cc1. The molecule has 0 heterocycles. The normalized spacial score (nSPS) is 9.40.